The highest BCUT2D eigenvalue weighted by Gasteiger charge is 2.21. The molecule has 0 spiro atoms. The number of phenolic OH excluding ortho intramolecular Hbond substituents is 1. The first-order chi connectivity index (χ1) is 6.49. The molecule has 0 saturated heterocycles. The molecule has 0 aliphatic carbocycles. The maximum absolute atomic E-state index is 13.1. The van der Waals surface area contributed by atoms with Crippen LogP contribution in [-0.2, 0) is 0 Å². The predicted molar refractivity (Wildman–Crippen MR) is 49.7 cm³/mol. The van der Waals surface area contributed by atoms with Crippen molar-refractivity contribution >= 4 is 15.9 Å². The van der Waals surface area contributed by atoms with Gasteiger partial charge in [-0.3, -0.25) is 0 Å². The molecule has 1 aromatic carbocycles. The average molecular weight is 268 g/mol. The molecule has 1 atom stereocenters. The Morgan fingerprint density at radius 2 is 2.07 bits per heavy atom. The second kappa shape index (κ2) is 4.20. The van der Waals surface area contributed by atoms with Crippen molar-refractivity contribution in [3.05, 3.63) is 27.7 Å². The van der Waals surface area contributed by atoms with Gasteiger partial charge in [0.2, 0.25) is 0 Å². The maximum Gasteiger partial charge on any atom is 0.167 e. The van der Waals surface area contributed by atoms with Crippen LogP contribution in [0.4, 0.5) is 8.78 Å². The summed E-state index contributed by atoms with van der Waals surface area (Å²) in [6.07, 6.45) is 0. The largest absolute Gasteiger partial charge is 0.506 e. The Kier molecular flexibility index (Phi) is 3.41. The van der Waals surface area contributed by atoms with E-state index in [9.17, 15) is 13.9 Å². The van der Waals surface area contributed by atoms with Crippen molar-refractivity contribution in [2.24, 2.45) is 5.73 Å². The number of nitrogens with two attached hydrogens (primary N) is 1. The number of rotatable bonds is 2. The number of phenols is 1. The third-order valence-corrected chi connectivity index (χ3v) is 2.35. The molecule has 0 bridgehead atoms. The lowest BCUT2D eigenvalue weighted by molar-refractivity contribution is 0.261. The van der Waals surface area contributed by atoms with Crippen LogP contribution in [0, 0.1) is 11.6 Å². The maximum atomic E-state index is 13.1. The quantitative estimate of drug-likeness (QED) is 0.711. The van der Waals surface area contributed by atoms with Gasteiger partial charge in [0, 0.05) is 0 Å². The Morgan fingerprint density at radius 3 is 2.57 bits per heavy atom. The van der Waals surface area contributed by atoms with E-state index in [4.69, 9.17) is 10.8 Å². The van der Waals surface area contributed by atoms with Crippen LogP contribution in [0.15, 0.2) is 10.5 Å². The Bertz CT molecular complexity index is 333. The van der Waals surface area contributed by atoms with E-state index < -0.39 is 35.6 Å². The Hall–Kier alpha value is -0.720. The van der Waals surface area contributed by atoms with Crippen molar-refractivity contribution in [2.75, 3.05) is 6.61 Å². The van der Waals surface area contributed by atoms with Crippen LogP contribution in [0.2, 0.25) is 0 Å². The van der Waals surface area contributed by atoms with E-state index in [2.05, 4.69) is 15.9 Å². The number of hydrogen-bond donors (Lipinski definition) is 3. The lowest BCUT2D eigenvalue weighted by Crippen LogP contribution is -2.17. The van der Waals surface area contributed by atoms with Gasteiger partial charge in [-0.1, -0.05) is 0 Å². The van der Waals surface area contributed by atoms with Gasteiger partial charge < -0.3 is 15.9 Å². The summed E-state index contributed by atoms with van der Waals surface area (Å²) in [5.74, 6) is -2.87. The van der Waals surface area contributed by atoms with Gasteiger partial charge in [0.25, 0.3) is 0 Å². The minimum absolute atomic E-state index is 0.00435. The number of hydrogen-bond acceptors (Lipinski definition) is 3. The number of aromatic hydroxyl groups is 1. The topological polar surface area (TPSA) is 66.5 Å². The number of halogens is 3. The van der Waals surface area contributed by atoms with Crippen LogP contribution in [0.25, 0.3) is 0 Å². The number of aliphatic hydroxyl groups is 1. The van der Waals surface area contributed by atoms with Gasteiger partial charge >= 0.3 is 0 Å². The van der Waals surface area contributed by atoms with E-state index in [1.54, 1.807) is 0 Å². The lowest BCUT2D eigenvalue weighted by atomic mass is 10.1. The van der Waals surface area contributed by atoms with Gasteiger partial charge in [-0.05, 0) is 22.0 Å². The molecule has 0 fully saturated rings. The van der Waals surface area contributed by atoms with Crippen molar-refractivity contribution in [2.45, 2.75) is 6.04 Å². The van der Waals surface area contributed by atoms with E-state index in [1.807, 2.05) is 0 Å². The van der Waals surface area contributed by atoms with Gasteiger partial charge in [0.1, 0.15) is 5.75 Å². The summed E-state index contributed by atoms with van der Waals surface area (Å²) in [6.45, 7) is -0.583. The lowest BCUT2D eigenvalue weighted by Gasteiger charge is -2.13. The number of benzene rings is 1. The third-order valence-electron chi connectivity index (χ3n) is 1.75. The molecule has 0 aromatic heterocycles. The first-order valence-corrected chi connectivity index (χ1v) is 4.51. The van der Waals surface area contributed by atoms with Crippen molar-refractivity contribution < 1.29 is 19.0 Å². The normalized spacial score (nSPS) is 12.9. The Labute approximate surface area is 87.3 Å². The molecule has 0 aliphatic rings. The molecule has 0 aliphatic heterocycles. The van der Waals surface area contributed by atoms with Gasteiger partial charge in [0.05, 0.1) is 22.7 Å². The molecule has 1 unspecified atom stereocenters. The molecule has 6 heteroatoms. The first kappa shape index (κ1) is 11.4. The minimum Gasteiger partial charge on any atom is -0.506 e. The minimum atomic E-state index is -1.24. The molecule has 0 radical (unpaired) electrons. The summed E-state index contributed by atoms with van der Waals surface area (Å²) in [5.41, 5.74) is 4.87. The van der Waals surface area contributed by atoms with Crippen molar-refractivity contribution in [3.63, 3.8) is 0 Å². The van der Waals surface area contributed by atoms with Crippen molar-refractivity contribution in [1.29, 1.82) is 0 Å². The monoisotopic (exact) mass is 267 g/mol. The standard InChI is InChI=1S/C8H8BrF2NO2/c9-3-1-4(10)7(11)6(8(3)14)5(12)2-13/h1,5,13-14H,2,12H2. The third kappa shape index (κ3) is 1.87. The molecule has 1 rings (SSSR count). The molecule has 1 aromatic rings. The second-order valence-corrected chi connectivity index (χ2v) is 3.56. The van der Waals surface area contributed by atoms with Gasteiger partial charge in [-0.15, -0.1) is 0 Å². The van der Waals surface area contributed by atoms with E-state index in [0.717, 1.165) is 6.07 Å². The van der Waals surface area contributed by atoms with Crippen molar-refractivity contribution in [1.82, 2.24) is 0 Å². The number of aliphatic hydroxyl groups excluding tert-OH is 1. The molecule has 0 saturated carbocycles. The van der Waals surface area contributed by atoms with Crippen molar-refractivity contribution in [3.8, 4) is 5.75 Å². The second-order valence-electron chi connectivity index (χ2n) is 2.71. The summed E-state index contributed by atoms with van der Waals surface area (Å²) in [7, 11) is 0. The first-order valence-electron chi connectivity index (χ1n) is 3.71. The SMILES string of the molecule is NC(CO)c1c(O)c(Br)cc(F)c1F. The Morgan fingerprint density at radius 1 is 1.50 bits per heavy atom. The highest BCUT2D eigenvalue weighted by molar-refractivity contribution is 9.10. The fraction of sp³-hybridized carbons (Fsp3) is 0.250. The molecule has 14 heavy (non-hydrogen) atoms. The van der Waals surface area contributed by atoms with Crippen LogP contribution >= 0.6 is 15.9 Å². The summed E-state index contributed by atoms with van der Waals surface area (Å²) in [4.78, 5) is 0. The fourth-order valence-electron chi connectivity index (χ4n) is 1.03. The van der Waals surface area contributed by atoms with Crippen LogP contribution < -0.4 is 5.73 Å². The van der Waals surface area contributed by atoms with E-state index >= 15 is 0 Å². The molecule has 78 valence electrons. The summed E-state index contributed by atoms with van der Waals surface area (Å²) >= 11 is 2.83. The molecular weight excluding hydrogens is 260 g/mol. The highest BCUT2D eigenvalue weighted by atomic mass is 79.9. The van der Waals surface area contributed by atoms with Gasteiger partial charge in [-0.2, -0.15) is 0 Å². The molecule has 4 N–H and O–H groups in total. The zero-order chi connectivity index (χ0) is 10.9. The van der Waals surface area contributed by atoms with E-state index in [1.165, 1.54) is 0 Å². The van der Waals surface area contributed by atoms with Gasteiger partial charge in [-0.25, -0.2) is 8.78 Å². The van der Waals surface area contributed by atoms with Crippen LogP contribution in [0.5, 0.6) is 5.75 Å². The van der Waals surface area contributed by atoms with E-state index in [-0.39, 0.29) is 4.47 Å². The smallest absolute Gasteiger partial charge is 0.167 e. The Balaban J connectivity index is 3.39. The summed E-state index contributed by atoms with van der Waals surface area (Å²) in [6, 6.07) is -0.361. The molecule has 3 nitrogen and oxygen atoms in total. The highest BCUT2D eigenvalue weighted by Crippen LogP contribution is 2.34. The molecule has 0 heterocycles. The van der Waals surface area contributed by atoms with Gasteiger partial charge in [0.15, 0.2) is 11.6 Å². The molecule has 0 amide bonds. The van der Waals surface area contributed by atoms with Crippen LogP contribution in [-0.4, -0.2) is 16.8 Å². The average Bonchev–Trinajstić information content (AvgIpc) is 2.15. The summed E-state index contributed by atoms with van der Waals surface area (Å²) in [5, 5.41) is 18.0. The zero-order valence-electron chi connectivity index (χ0n) is 6.97. The molecular formula is C8H8BrF2NO2. The fourth-order valence-corrected chi connectivity index (χ4v) is 1.45. The zero-order valence-corrected chi connectivity index (χ0v) is 8.55. The predicted octanol–water partition coefficient (Wildman–Crippen LogP) is 1.42. The van der Waals surface area contributed by atoms with E-state index in [0.29, 0.717) is 0 Å². The summed E-state index contributed by atoms with van der Waals surface area (Å²) < 4.78 is 26.0. The van der Waals surface area contributed by atoms with Crippen LogP contribution in [0.3, 0.4) is 0 Å². The van der Waals surface area contributed by atoms with Crippen LogP contribution in [0.1, 0.15) is 11.6 Å².